The first-order chi connectivity index (χ1) is 11.5. The van der Waals surface area contributed by atoms with Crippen LogP contribution < -0.4 is 5.32 Å². The van der Waals surface area contributed by atoms with Crippen LogP contribution in [0.2, 0.25) is 0 Å². The van der Waals surface area contributed by atoms with Crippen LogP contribution in [0.25, 0.3) is 0 Å². The van der Waals surface area contributed by atoms with E-state index in [9.17, 15) is 9.90 Å². The van der Waals surface area contributed by atoms with Crippen molar-refractivity contribution < 1.29 is 9.90 Å². The topological polar surface area (TPSA) is 65.5 Å². The van der Waals surface area contributed by atoms with E-state index in [0.717, 1.165) is 24.3 Å². The third kappa shape index (κ3) is 3.66. The zero-order valence-electron chi connectivity index (χ0n) is 14.0. The summed E-state index contributed by atoms with van der Waals surface area (Å²) in [5, 5.41) is 16.3. The molecule has 128 valence electrons. The van der Waals surface area contributed by atoms with Crippen molar-refractivity contribution in [2.24, 2.45) is 0 Å². The normalized spacial score (nSPS) is 19.0. The number of piperidine rings is 1. The maximum atomic E-state index is 11.1. The van der Waals surface area contributed by atoms with Crippen molar-refractivity contribution in [3.63, 3.8) is 0 Å². The second-order valence-electron chi connectivity index (χ2n) is 6.37. The van der Waals surface area contributed by atoms with Gasteiger partial charge in [-0.15, -0.1) is 11.3 Å². The molecule has 2 N–H and O–H groups in total. The summed E-state index contributed by atoms with van der Waals surface area (Å²) in [6.07, 6.45) is 1.42. The molecule has 1 fully saturated rings. The van der Waals surface area contributed by atoms with Crippen LogP contribution in [0, 0.1) is 0 Å². The fourth-order valence-electron chi connectivity index (χ4n) is 3.19. The van der Waals surface area contributed by atoms with E-state index in [-0.39, 0.29) is 11.9 Å². The minimum atomic E-state index is -0.735. The fraction of sp³-hybridized carbons (Fsp3) is 0.444. The van der Waals surface area contributed by atoms with Crippen LogP contribution in [-0.2, 0) is 10.4 Å². The molecule has 1 aromatic carbocycles. The third-order valence-electron chi connectivity index (χ3n) is 4.72. The molecule has 5 nitrogen and oxygen atoms in total. The summed E-state index contributed by atoms with van der Waals surface area (Å²) in [6, 6.07) is 10.1. The van der Waals surface area contributed by atoms with Crippen molar-refractivity contribution in [3.05, 3.63) is 47.0 Å². The number of thiazole rings is 1. The quantitative estimate of drug-likeness (QED) is 0.893. The zero-order chi connectivity index (χ0) is 17.2. The molecule has 1 saturated heterocycles. The summed E-state index contributed by atoms with van der Waals surface area (Å²) < 4.78 is 0. The van der Waals surface area contributed by atoms with Gasteiger partial charge in [0.2, 0.25) is 5.91 Å². The van der Waals surface area contributed by atoms with E-state index in [1.807, 2.05) is 35.7 Å². The number of aliphatic hydroxyl groups is 1. The van der Waals surface area contributed by atoms with E-state index in [1.54, 1.807) is 0 Å². The number of likely N-dealkylation sites (tertiary alicyclic amines) is 1. The monoisotopic (exact) mass is 345 g/mol. The van der Waals surface area contributed by atoms with Gasteiger partial charge in [-0.1, -0.05) is 30.3 Å². The third-order valence-corrected chi connectivity index (χ3v) is 5.49. The second kappa shape index (κ2) is 7.01. The molecule has 1 aromatic heterocycles. The van der Waals surface area contributed by atoms with E-state index in [0.29, 0.717) is 18.0 Å². The number of hydrogen-bond acceptors (Lipinski definition) is 5. The molecule has 1 amide bonds. The Balaban J connectivity index is 1.64. The van der Waals surface area contributed by atoms with Gasteiger partial charge in [-0.05, 0) is 25.3 Å². The zero-order valence-corrected chi connectivity index (χ0v) is 14.8. The largest absolute Gasteiger partial charge is 0.385 e. The molecule has 1 aliphatic rings. The van der Waals surface area contributed by atoms with Gasteiger partial charge >= 0.3 is 0 Å². The Morgan fingerprint density at radius 2 is 2.00 bits per heavy atom. The van der Waals surface area contributed by atoms with E-state index < -0.39 is 5.60 Å². The average Bonchev–Trinajstić information content (AvgIpc) is 3.03. The van der Waals surface area contributed by atoms with E-state index >= 15 is 0 Å². The van der Waals surface area contributed by atoms with Gasteiger partial charge < -0.3 is 10.4 Å². The van der Waals surface area contributed by atoms with Crippen molar-refractivity contribution in [3.8, 4) is 0 Å². The maximum absolute atomic E-state index is 11.1. The fourth-order valence-corrected chi connectivity index (χ4v) is 4.03. The molecule has 2 heterocycles. The lowest BCUT2D eigenvalue weighted by molar-refractivity contribution is -0.114. The minimum Gasteiger partial charge on any atom is -0.385 e. The molecule has 1 unspecified atom stereocenters. The maximum Gasteiger partial charge on any atom is 0.223 e. The van der Waals surface area contributed by atoms with Crippen LogP contribution in [0.4, 0.5) is 5.13 Å². The summed E-state index contributed by atoms with van der Waals surface area (Å²) >= 11 is 1.45. The van der Waals surface area contributed by atoms with Crippen LogP contribution in [0.15, 0.2) is 35.7 Å². The Labute approximate surface area is 146 Å². The summed E-state index contributed by atoms with van der Waals surface area (Å²) in [7, 11) is 0. The number of nitrogens with one attached hydrogen (secondary N) is 1. The van der Waals surface area contributed by atoms with Crippen molar-refractivity contribution in [1.29, 1.82) is 0 Å². The Morgan fingerprint density at radius 3 is 2.62 bits per heavy atom. The van der Waals surface area contributed by atoms with Crippen LogP contribution in [-0.4, -0.2) is 34.0 Å². The lowest BCUT2D eigenvalue weighted by atomic mass is 9.84. The van der Waals surface area contributed by atoms with Gasteiger partial charge in [0.15, 0.2) is 5.13 Å². The smallest absolute Gasteiger partial charge is 0.223 e. The second-order valence-corrected chi connectivity index (χ2v) is 7.23. The molecule has 6 heteroatoms. The lowest BCUT2D eigenvalue weighted by Crippen LogP contribution is -2.43. The van der Waals surface area contributed by atoms with Gasteiger partial charge in [0.05, 0.1) is 17.3 Å². The van der Waals surface area contributed by atoms with Gasteiger partial charge in [0, 0.05) is 25.4 Å². The summed E-state index contributed by atoms with van der Waals surface area (Å²) in [5.74, 6) is -0.102. The van der Waals surface area contributed by atoms with Crippen LogP contribution in [0.3, 0.4) is 0 Å². The first kappa shape index (κ1) is 17.1. The van der Waals surface area contributed by atoms with Crippen molar-refractivity contribution in [2.75, 3.05) is 18.4 Å². The number of aromatic nitrogens is 1. The van der Waals surface area contributed by atoms with Gasteiger partial charge in [-0.3, -0.25) is 9.69 Å². The van der Waals surface area contributed by atoms with Crippen LogP contribution >= 0.6 is 11.3 Å². The molecule has 3 rings (SSSR count). The number of anilines is 1. The Hall–Kier alpha value is -1.76. The average molecular weight is 345 g/mol. The SMILES string of the molecule is CC(=O)Nc1nc(C(C)N2CCC(O)(c3ccccc3)CC2)cs1. The molecule has 1 aliphatic heterocycles. The standard InChI is InChI=1S/C18H23N3O2S/c1-13(16-12-24-17(20-16)19-14(2)22)21-10-8-18(23,9-11-21)15-6-4-3-5-7-15/h3-7,12-13,23H,8-11H2,1-2H3,(H,19,20,22). The van der Waals surface area contributed by atoms with Gasteiger partial charge in [0.25, 0.3) is 0 Å². The Kier molecular flexibility index (Phi) is 4.99. The predicted octanol–water partition coefficient (Wildman–Crippen LogP) is 3.15. The van der Waals surface area contributed by atoms with Gasteiger partial charge in [-0.25, -0.2) is 4.98 Å². The minimum absolute atomic E-state index is 0.102. The summed E-state index contributed by atoms with van der Waals surface area (Å²) in [4.78, 5) is 18.0. The molecule has 1 atom stereocenters. The number of benzene rings is 1. The van der Waals surface area contributed by atoms with Crippen molar-refractivity contribution >= 4 is 22.4 Å². The molecule has 0 spiro atoms. The first-order valence-electron chi connectivity index (χ1n) is 8.23. The first-order valence-corrected chi connectivity index (χ1v) is 9.11. The molecule has 0 bridgehead atoms. The van der Waals surface area contributed by atoms with E-state index in [4.69, 9.17) is 0 Å². The lowest BCUT2D eigenvalue weighted by Gasteiger charge is -2.40. The molecular weight excluding hydrogens is 322 g/mol. The highest BCUT2D eigenvalue weighted by Crippen LogP contribution is 2.36. The predicted molar refractivity (Wildman–Crippen MR) is 96.0 cm³/mol. The highest BCUT2D eigenvalue weighted by Gasteiger charge is 2.35. The summed E-state index contributed by atoms with van der Waals surface area (Å²) in [5.41, 5.74) is 1.23. The molecule has 2 aromatic rings. The number of carbonyl (C=O) groups excluding carboxylic acids is 1. The number of amides is 1. The number of carbonyl (C=O) groups is 1. The molecule has 0 aliphatic carbocycles. The van der Waals surface area contributed by atoms with E-state index in [2.05, 4.69) is 22.1 Å². The highest BCUT2D eigenvalue weighted by atomic mass is 32.1. The number of nitrogens with zero attached hydrogens (tertiary/aromatic N) is 2. The van der Waals surface area contributed by atoms with Crippen molar-refractivity contribution in [2.45, 2.75) is 38.3 Å². The van der Waals surface area contributed by atoms with Gasteiger partial charge in [-0.2, -0.15) is 0 Å². The number of rotatable bonds is 4. The van der Waals surface area contributed by atoms with Crippen LogP contribution in [0.1, 0.15) is 44.0 Å². The molecule has 0 radical (unpaired) electrons. The summed E-state index contributed by atoms with van der Waals surface area (Å²) in [6.45, 7) is 5.25. The Bertz CT molecular complexity index is 693. The Morgan fingerprint density at radius 1 is 1.33 bits per heavy atom. The highest BCUT2D eigenvalue weighted by molar-refractivity contribution is 7.13. The van der Waals surface area contributed by atoms with E-state index in [1.165, 1.54) is 18.3 Å². The number of hydrogen-bond donors (Lipinski definition) is 2. The molecule has 24 heavy (non-hydrogen) atoms. The van der Waals surface area contributed by atoms with Gasteiger partial charge in [0.1, 0.15) is 0 Å². The molecular formula is C18H23N3O2S. The molecule has 0 saturated carbocycles. The van der Waals surface area contributed by atoms with Crippen LogP contribution in [0.5, 0.6) is 0 Å². The van der Waals surface area contributed by atoms with Crippen molar-refractivity contribution in [1.82, 2.24) is 9.88 Å².